The Morgan fingerprint density at radius 2 is 1.90 bits per heavy atom. The molecular formula is C18H32N2O. The Balaban J connectivity index is 2.81. The largest absolute Gasteiger partial charge is 0.394 e. The Morgan fingerprint density at radius 1 is 1.24 bits per heavy atom. The molecule has 0 aliphatic rings. The molecule has 1 rings (SSSR count). The lowest BCUT2D eigenvalue weighted by molar-refractivity contribution is 0.134. The molecule has 2 N–H and O–H groups in total. The zero-order valence-corrected chi connectivity index (χ0v) is 14.1. The molecular weight excluding hydrogens is 260 g/mol. The fourth-order valence-corrected chi connectivity index (χ4v) is 2.78. The van der Waals surface area contributed by atoms with Crippen LogP contribution >= 0.6 is 0 Å². The van der Waals surface area contributed by atoms with Gasteiger partial charge in [-0.25, -0.2) is 0 Å². The third-order valence-electron chi connectivity index (χ3n) is 3.91. The Labute approximate surface area is 130 Å². The van der Waals surface area contributed by atoms with Gasteiger partial charge in [0.25, 0.3) is 0 Å². The molecule has 0 radical (unpaired) electrons. The summed E-state index contributed by atoms with van der Waals surface area (Å²) in [6, 6.07) is 10.3. The Kier molecular flexibility index (Phi) is 7.94. The fourth-order valence-electron chi connectivity index (χ4n) is 2.78. The molecule has 0 amide bonds. The van der Waals surface area contributed by atoms with Gasteiger partial charge in [-0.05, 0) is 37.9 Å². The monoisotopic (exact) mass is 292 g/mol. The minimum Gasteiger partial charge on any atom is -0.394 e. The Bertz CT molecular complexity index is 380. The highest BCUT2D eigenvalue weighted by Gasteiger charge is 2.30. The second kappa shape index (κ2) is 9.19. The first-order chi connectivity index (χ1) is 10.0. The summed E-state index contributed by atoms with van der Waals surface area (Å²) in [6.45, 7) is 9.75. The Morgan fingerprint density at radius 3 is 2.43 bits per heavy atom. The van der Waals surface area contributed by atoms with Crippen molar-refractivity contribution in [3.8, 4) is 0 Å². The van der Waals surface area contributed by atoms with E-state index in [4.69, 9.17) is 0 Å². The molecule has 120 valence electrons. The van der Waals surface area contributed by atoms with Gasteiger partial charge in [0.15, 0.2) is 0 Å². The van der Waals surface area contributed by atoms with Crippen molar-refractivity contribution in [3.63, 3.8) is 0 Å². The van der Waals surface area contributed by atoms with Gasteiger partial charge in [0.1, 0.15) is 0 Å². The van der Waals surface area contributed by atoms with Gasteiger partial charge < -0.3 is 15.3 Å². The van der Waals surface area contributed by atoms with E-state index in [1.165, 1.54) is 5.56 Å². The van der Waals surface area contributed by atoms with E-state index in [9.17, 15) is 5.11 Å². The maximum absolute atomic E-state index is 10.1. The van der Waals surface area contributed by atoms with Crippen molar-refractivity contribution in [1.29, 1.82) is 0 Å². The van der Waals surface area contributed by atoms with Gasteiger partial charge in [-0.3, -0.25) is 0 Å². The molecule has 0 aliphatic heterocycles. The van der Waals surface area contributed by atoms with Crippen LogP contribution < -0.4 is 5.32 Å². The maximum Gasteiger partial charge on any atom is 0.0681 e. The van der Waals surface area contributed by atoms with Crippen LogP contribution in [0.1, 0.15) is 39.2 Å². The number of hydrogen-bond donors (Lipinski definition) is 2. The molecule has 1 atom stereocenters. The highest BCUT2D eigenvalue weighted by Crippen LogP contribution is 2.25. The van der Waals surface area contributed by atoms with Crippen LogP contribution in [-0.4, -0.2) is 43.3 Å². The predicted molar refractivity (Wildman–Crippen MR) is 90.5 cm³/mol. The molecule has 0 bridgehead atoms. The normalized spacial score (nSPS) is 14.6. The van der Waals surface area contributed by atoms with E-state index < -0.39 is 0 Å². The maximum atomic E-state index is 10.1. The summed E-state index contributed by atoms with van der Waals surface area (Å²) in [5.74, 6) is 0.666. The van der Waals surface area contributed by atoms with Crippen LogP contribution in [0, 0.1) is 5.92 Å². The van der Waals surface area contributed by atoms with Crippen molar-refractivity contribution < 1.29 is 5.11 Å². The van der Waals surface area contributed by atoms with Gasteiger partial charge >= 0.3 is 0 Å². The summed E-state index contributed by atoms with van der Waals surface area (Å²) in [7, 11) is 2.16. The first kappa shape index (κ1) is 18.1. The van der Waals surface area contributed by atoms with Gasteiger partial charge in [-0.1, -0.05) is 51.1 Å². The first-order valence-electron chi connectivity index (χ1n) is 8.14. The third kappa shape index (κ3) is 5.77. The van der Waals surface area contributed by atoms with Crippen LogP contribution in [-0.2, 0) is 5.54 Å². The van der Waals surface area contributed by atoms with Gasteiger partial charge in [0.05, 0.1) is 12.1 Å². The van der Waals surface area contributed by atoms with Crippen molar-refractivity contribution >= 4 is 0 Å². The highest BCUT2D eigenvalue weighted by atomic mass is 16.3. The number of aliphatic hydroxyl groups is 1. The number of aliphatic hydroxyl groups excluding tert-OH is 1. The van der Waals surface area contributed by atoms with Crippen molar-refractivity contribution in [3.05, 3.63) is 35.9 Å². The van der Waals surface area contributed by atoms with Gasteiger partial charge in [-0.2, -0.15) is 0 Å². The average Bonchev–Trinajstić information content (AvgIpc) is 2.48. The van der Waals surface area contributed by atoms with Crippen molar-refractivity contribution in [2.75, 3.05) is 33.3 Å². The van der Waals surface area contributed by atoms with Crippen LogP contribution in [0.4, 0.5) is 0 Å². The van der Waals surface area contributed by atoms with E-state index in [0.29, 0.717) is 5.92 Å². The SMILES string of the molecule is CCCNC(CO)(CCN(C)CC(C)C)c1ccccc1. The number of hydrogen-bond acceptors (Lipinski definition) is 3. The molecule has 1 aromatic carbocycles. The summed E-state index contributed by atoms with van der Waals surface area (Å²) < 4.78 is 0. The smallest absolute Gasteiger partial charge is 0.0681 e. The Hall–Kier alpha value is -0.900. The van der Waals surface area contributed by atoms with Gasteiger partial charge in [0.2, 0.25) is 0 Å². The van der Waals surface area contributed by atoms with E-state index >= 15 is 0 Å². The lowest BCUT2D eigenvalue weighted by atomic mass is 9.86. The molecule has 0 fully saturated rings. The molecule has 0 heterocycles. The van der Waals surface area contributed by atoms with Crippen LogP contribution in [0.15, 0.2) is 30.3 Å². The second-order valence-electron chi connectivity index (χ2n) is 6.44. The van der Waals surface area contributed by atoms with Crippen molar-refractivity contribution in [2.24, 2.45) is 5.92 Å². The second-order valence-corrected chi connectivity index (χ2v) is 6.44. The van der Waals surface area contributed by atoms with Crippen molar-refractivity contribution in [2.45, 2.75) is 39.2 Å². The quantitative estimate of drug-likeness (QED) is 0.696. The molecule has 0 saturated carbocycles. The van der Waals surface area contributed by atoms with E-state index in [1.807, 2.05) is 18.2 Å². The molecule has 0 spiro atoms. The summed E-state index contributed by atoms with van der Waals surface area (Å²) in [4.78, 5) is 2.35. The lowest BCUT2D eigenvalue weighted by Crippen LogP contribution is -2.48. The fraction of sp³-hybridized carbons (Fsp3) is 0.667. The van der Waals surface area contributed by atoms with Gasteiger partial charge in [-0.15, -0.1) is 0 Å². The zero-order valence-electron chi connectivity index (χ0n) is 14.1. The standard InChI is InChI=1S/C18H32N2O/c1-5-12-19-18(15-21,17-9-7-6-8-10-17)11-13-20(4)14-16(2)3/h6-10,16,19,21H,5,11-15H2,1-4H3. The molecule has 3 heteroatoms. The molecule has 21 heavy (non-hydrogen) atoms. The van der Waals surface area contributed by atoms with Crippen LogP contribution in [0.3, 0.4) is 0 Å². The van der Waals surface area contributed by atoms with E-state index in [-0.39, 0.29) is 12.1 Å². The summed E-state index contributed by atoms with van der Waals surface area (Å²) in [5.41, 5.74) is 0.849. The minimum atomic E-state index is -0.331. The molecule has 1 aromatic rings. The van der Waals surface area contributed by atoms with E-state index in [0.717, 1.165) is 32.5 Å². The first-order valence-corrected chi connectivity index (χ1v) is 8.14. The lowest BCUT2D eigenvalue weighted by Gasteiger charge is -2.35. The average molecular weight is 292 g/mol. The summed E-state index contributed by atoms with van der Waals surface area (Å²) in [5, 5.41) is 13.7. The van der Waals surface area contributed by atoms with Crippen LogP contribution in [0.2, 0.25) is 0 Å². The number of benzene rings is 1. The predicted octanol–water partition coefficient (Wildman–Crippen LogP) is 2.85. The third-order valence-corrected chi connectivity index (χ3v) is 3.91. The van der Waals surface area contributed by atoms with E-state index in [2.05, 4.69) is 50.2 Å². The number of rotatable bonds is 10. The van der Waals surface area contributed by atoms with E-state index in [1.54, 1.807) is 0 Å². The molecule has 0 saturated heterocycles. The molecule has 0 aromatic heterocycles. The van der Waals surface area contributed by atoms with Gasteiger partial charge in [0, 0.05) is 13.1 Å². The summed E-state index contributed by atoms with van der Waals surface area (Å²) >= 11 is 0. The zero-order chi connectivity index (χ0) is 15.7. The molecule has 1 unspecified atom stereocenters. The minimum absolute atomic E-state index is 0.131. The number of nitrogens with zero attached hydrogens (tertiary/aromatic N) is 1. The van der Waals surface area contributed by atoms with Crippen molar-refractivity contribution in [1.82, 2.24) is 10.2 Å². The van der Waals surface area contributed by atoms with Crippen LogP contribution in [0.25, 0.3) is 0 Å². The topological polar surface area (TPSA) is 35.5 Å². The summed E-state index contributed by atoms with van der Waals surface area (Å²) in [6.07, 6.45) is 1.98. The number of nitrogens with one attached hydrogen (secondary N) is 1. The highest BCUT2D eigenvalue weighted by molar-refractivity contribution is 5.24. The van der Waals surface area contributed by atoms with Crippen LogP contribution in [0.5, 0.6) is 0 Å². The molecule has 0 aliphatic carbocycles. The molecule has 3 nitrogen and oxygen atoms in total.